The highest BCUT2D eigenvalue weighted by Gasteiger charge is 2.23. The van der Waals surface area contributed by atoms with Gasteiger partial charge in [0.05, 0.1) is 12.3 Å². The molecule has 0 radical (unpaired) electrons. The lowest BCUT2D eigenvalue weighted by molar-refractivity contribution is 0.323. The van der Waals surface area contributed by atoms with E-state index in [-0.39, 0.29) is 0 Å². The Morgan fingerprint density at radius 2 is 1.95 bits per heavy atom. The molecule has 0 aromatic heterocycles. The predicted octanol–water partition coefficient (Wildman–Crippen LogP) is 4.55. The van der Waals surface area contributed by atoms with Crippen LogP contribution < -0.4 is 4.74 Å². The third kappa shape index (κ3) is 2.19. The van der Waals surface area contributed by atoms with Crippen molar-refractivity contribution in [3.63, 3.8) is 0 Å². The summed E-state index contributed by atoms with van der Waals surface area (Å²) in [6.07, 6.45) is 12.5. The molecule has 1 aliphatic carbocycles. The van der Waals surface area contributed by atoms with Gasteiger partial charge in [-0.1, -0.05) is 61.7 Å². The molecule has 1 aromatic carbocycles. The van der Waals surface area contributed by atoms with Crippen LogP contribution in [0, 0.1) is 5.41 Å². The highest BCUT2D eigenvalue weighted by molar-refractivity contribution is 6.19. The van der Waals surface area contributed by atoms with Crippen LogP contribution >= 0.6 is 0 Å². The first kappa shape index (κ1) is 13.4. The minimum atomic E-state index is 0.479. The van der Waals surface area contributed by atoms with Gasteiger partial charge in [-0.2, -0.15) is 0 Å². The maximum atomic E-state index is 8.57. The van der Waals surface area contributed by atoms with Crippen LogP contribution in [0.5, 0.6) is 5.75 Å². The van der Waals surface area contributed by atoms with E-state index in [1.165, 1.54) is 0 Å². The molecule has 2 nitrogen and oxygen atoms in total. The third-order valence-corrected chi connectivity index (χ3v) is 3.75. The summed E-state index contributed by atoms with van der Waals surface area (Å²) in [4.78, 5) is 0. The molecular weight excluding hydrogens is 258 g/mol. The van der Waals surface area contributed by atoms with Crippen molar-refractivity contribution in [3.05, 3.63) is 77.4 Å². The average molecular weight is 275 g/mol. The van der Waals surface area contributed by atoms with Gasteiger partial charge >= 0.3 is 0 Å². The fourth-order valence-corrected chi connectivity index (χ4v) is 2.67. The smallest absolute Gasteiger partial charge is 0.136 e. The van der Waals surface area contributed by atoms with E-state index in [1.807, 2.05) is 30.4 Å². The Morgan fingerprint density at radius 3 is 2.71 bits per heavy atom. The maximum absolute atomic E-state index is 8.57. The summed E-state index contributed by atoms with van der Waals surface area (Å²) in [5.41, 5.74) is 5.11. The fourth-order valence-electron chi connectivity index (χ4n) is 2.67. The van der Waals surface area contributed by atoms with Crippen molar-refractivity contribution < 1.29 is 4.74 Å². The van der Waals surface area contributed by atoms with Gasteiger partial charge in [-0.05, 0) is 17.6 Å². The van der Waals surface area contributed by atoms with Crippen LogP contribution in [0.3, 0.4) is 0 Å². The summed E-state index contributed by atoms with van der Waals surface area (Å²) < 4.78 is 5.94. The van der Waals surface area contributed by atoms with Crippen molar-refractivity contribution in [2.75, 3.05) is 6.61 Å². The minimum Gasteiger partial charge on any atom is -0.492 e. The maximum Gasteiger partial charge on any atom is 0.136 e. The minimum absolute atomic E-state index is 0.479. The molecule has 1 aliphatic heterocycles. The van der Waals surface area contributed by atoms with Crippen molar-refractivity contribution in [1.29, 1.82) is 5.41 Å². The molecule has 0 unspecified atom stereocenters. The first-order chi connectivity index (χ1) is 10.3. The molecule has 0 saturated heterocycles. The number of ether oxygens (including phenoxy) is 1. The molecule has 3 rings (SSSR count). The summed E-state index contributed by atoms with van der Waals surface area (Å²) in [7, 11) is 0. The van der Waals surface area contributed by atoms with E-state index in [1.54, 1.807) is 12.2 Å². The predicted molar refractivity (Wildman–Crippen MR) is 88.9 cm³/mol. The lowest BCUT2D eigenvalue weighted by Crippen LogP contribution is -2.14. The van der Waals surface area contributed by atoms with Crippen molar-refractivity contribution in [2.45, 2.75) is 6.42 Å². The number of rotatable bonds is 2. The Balaban J connectivity index is 2.33. The molecule has 104 valence electrons. The molecule has 1 N–H and O–H groups in total. The Hall–Kier alpha value is -2.61. The van der Waals surface area contributed by atoms with Gasteiger partial charge in [0.1, 0.15) is 5.75 Å². The average Bonchev–Trinajstić information content (AvgIpc) is 2.51. The van der Waals surface area contributed by atoms with Gasteiger partial charge in [-0.25, -0.2) is 0 Å². The van der Waals surface area contributed by atoms with Gasteiger partial charge in [-0.3, -0.25) is 5.41 Å². The molecule has 1 heterocycles. The van der Waals surface area contributed by atoms with Crippen LogP contribution in [-0.2, 0) is 0 Å². The molecule has 0 spiro atoms. The van der Waals surface area contributed by atoms with E-state index in [0.29, 0.717) is 12.3 Å². The monoisotopic (exact) mass is 275 g/mol. The largest absolute Gasteiger partial charge is 0.492 e. The second-order valence-corrected chi connectivity index (χ2v) is 4.97. The van der Waals surface area contributed by atoms with Crippen LogP contribution in [0.1, 0.15) is 23.1 Å². The molecule has 2 heteroatoms. The SMILES string of the molecule is C=CC1=C2\C=Cc3ccc(C=C)c(c3C2=N)OCC/C=C\1. The van der Waals surface area contributed by atoms with Crippen molar-refractivity contribution in [2.24, 2.45) is 0 Å². The van der Waals surface area contributed by atoms with Crippen LogP contribution in [0.25, 0.3) is 12.2 Å². The van der Waals surface area contributed by atoms with Crippen LogP contribution in [0.2, 0.25) is 0 Å². The van der Waals surface area contributed by atoms with Crippen LogP contribution in [-0.4, -0.2) is 12.3 Å². The molecule has 2 bridgehead atoms. The van der Waals surface area contributed by atoms with Gasteiger partial charge in [0.2, 0.25) is 0 Å². The Morgan fingerprint density at radius 1 is 1.10 bits per heavy atom. The molecule has 0 atom stereocenters. The quantitative estimate of drug-likeness (QED) is 0.844. The number of hydrogen-bond acceptors (Lipinski definition) is 2. The number of allylic oxidation sites excluding steroid dienone is 5. The summed E-state index contributed by atoms with van der Waals surface area (Å²) in [5, 5.41) is 8.57. The fraction of sp³-hybridized carbons (Fsp3) is 0.105. The normalized spacial score (nSPS) is 21.4. The lowest BCUT2D eigenvalue weighted by Gasteiger charge is -2.22. The Labute approximate surface area is 125 Å². The van der Waals surface area contributed by atoms with E-state index in [9.17, 15) is 0 Å². The molecule has 0 amide bonds. The summed E-state index contributed by atoms with van der Waals surface area (Å²) in [5.74, 6) is 0.757. The zero-order valence-corrected chi connectivity index (χ0v) is 11.9. The second-order valence-electron chi connectivity index (χ2n) is 4.97. The lowest BCUT2D eigenvalue weighted by atomic mass is 9.86. The molecular formula is C19H17NO. The third-order valence-electron chi connectivity index (χ3n) is 3.75. The van der Waals surface area contributed by atoms with E-state index in [0.717, 1.165) is 40.0 Å². The number of hydrogen-bond donors (Lipinski definition) is 1. The first-order valence-electron chi connectivity index (χ1n) is 6.99. The number of fused-ring (bicyclic) bond motifs is 1. The topological polar surface area (TPSA) is 33.1 Å². The highest BCUT2D eigenvalue weighted by Crippen LogP contribution is 2.36. The van der Waals surface area contributed by atoms with Gasteiger partial charge < -0.3 is 4.74 Å². The summed E-state index contributed by atoms with van der Waals surface area (Å²) in [6, 6.07) is 4.00. The van der Waals surface area contributed by atoms with Crippen LogP contribution in [0.4, 0.5) is 0 Å². The van der Waals surface area contributed by atoms with Crippen molar-refractivity contribution in [1.82, 2.24) is 0 Å². The van der Waals surface area contributed by atoms with E-state index in [2.05, 4.69) is 19.2 Å². The zero-order chi connectivity index (χ0) is 14.8. The Kier molecular flexibility index (Phi) is 3.44. The zero-order valence-electron chi connectivity index (χ0n) is 11.9. The second kappa shape index (κ2) is 5.41. The molecule has 1 aromatic rings. The molecule has 2 aliphatic rings. The van der Waals surface area contributed by atoms with E-state index >= 15 is 0 Å². The summed E-state index contributed by atoms with van der Waals surface area (Å²) >= 11 is 0. The molecule has 0 saturated carbocycles. The Bertz CT molecular complexity index is 732. The molecule has 21 heavy (non-hydrogen) atoms. The standard InChI is InChI=1S/C19H17NO/c1-3-13-7-5-6-12-21-19-14(4-2)8-9-15-10-11-16(13)18(20)17(15)19/h3-5,7-11,20H,1-2,6,12H2/b7-5-,16-13-,20-18?. The van der Waals surface area contributed by atoms with E-state index < -0.39 is 0 Å². The van der Waals surface area contributed by atoms with Gasteiger partial charge in [0, 0.05) is 16.7 Å². The van der Waals surface area contributed by atoms with Gasteiger partial charge in [0.25, 0.3) is 0 Å². The van der Waals surface area contributed by atoms with Crippen LogP contribution in [0.15, 0.2) is 60.7 Å². The molecule has 0 fully saturated rings. The summed E-state index contributed by atoms with van der Waals surface area (Å²) in [6.45, 7) is 8.30. The van der Waals surface area contributed by atoms with Crippen molar-refractivity contribution in [3.8, 4) is 5.75 Å². The van der Waals surface area contributed by atoms with E-state index in [4.69, 9.17) is 10.1 Å². The number of benzene rings is 1. The van der Waals surface area contributed by atoms with Gasteiger partial charge in [0.15, 0.2) is 0 Å². The van der Waals surface area contributed by atoms with Crippen molar-refractivity contribution >= 4 is 17.9 Å². The first-order valence-corrected chi connectivity index (χ1v) is 6.99. The number of nitrogens with one attached hydrogen (secondary N) is 1. The highest BCUT2D eigenvalue weighted by atomic mass is 16.5. The van der Waals surface area contributed by atoms with Gasteiger partial charge in [-0.15, -0.1) is 0 Å².